The highest BCUT2D eigenvalue weighted by molar-refractivity contribution is 7.92. The van der Waals surface area contributed by atoms with Gasteiger partial charge in [0, 0.05) is 5.69 Å². The second-order valence-corrected chi connectivity index (χ2v) is 6.76. The first-order chi connectivity index (χ1) is 9.70. The van der Waals surface area contributed by atoms with Gasteiger partial charge in [-0.2, -0.15) is 0 Å². The molecule has 1 heterocycles. The van der Waals surface area contributed by atoms with Crippen LogP contribution in [0.25, 0.3) is 0 Å². The minimum atomic E-state index is -4.18. The molecular formula is C11H7Cl3FN3O2S. The van der Waals surface area contributed by atoms with E-state index in [9.17, 15) is 12.8 Å². The molecule has 0 unspecified atom stereocenters. The first-order valence-electron chi connectivity index (χ1n) is 5.38. The van der Waals surface area contributed by atoms with Crippen molar-refractivity contribution < 1.29 is 12.8 Å². The minimum absolute atomic E-state index is 0.0635. The van der Waals surface area contributed by atoms with Crippen molar-refractivity contribution in [3.8, 4) is 0 Å². The van der Waals surface area contributed by atoms with Gasteiger partial charge >= 0.3 is 0 Å². The molecule has 0 aliphatic heterocycles. The normalized spacial score (nSPS) is 11.5. The Kier molecular flexibility index (Phi) is 4.57. The zero-order valence-electron chi connectivity index (χ0n) is 10.4. The number of rotatable bonds is 3. The van der Waals surface area contributed by atoms with Crippen LogP contribution in [-0.2, 0) is 10.0 Å². The summed E-state index contributed by atoms with van der Waals surface area (Å²) in [5.41, 5.74) is 0.459. The third-order valence-electron chi connectivity index (χ3n) is 2.34. The molecule has 1 N–H and O–H groups in total. The van der Waals surface area contributed by atoms with E-state index in [-0.39, 0.29) is 16.1 Å². The lowest BCUT2D eigenvalue weighted by Gasteiger charge is -2.09. The highest BCUT2D eigenvalue weighted by Gasteiger charge is 2.23. The third-order valence-corrected chi connectivity index (χ3v) is 4.68. The molecule has 0 spiro atoms. The molecule has 0 bridgehead atoms. The molecule has 0 fully saturated rings. The zero-order valence-corrected chi connectivity index (χ0v) is 13.4. The highest BCUT2D eigenvalue weighted by atomic mass is 35.5. The van der Waals surface area contributed by atoms with E-state index in [0.717, 1.165) is 12.1 Å². The first-order valence-corrected chi connectivity index (χ1v) is 8.00. The maximum atomic E-state index is 13.6. The summed E-state index contributed by atoms with van der Waals surface area (Å²) in [6.07, 6.45) is 0. The lowest BCUT2D eigenvalue weighted by atomic mass is 10.3. The fourth-order valence-electron chi connectivity index (χ4n) is 1.47. The number of aryl methyl sites for hydroxylation is 1. The quantitative estimate of drug-likeness (QED) is 0.661. The number of sulfonamides is 1. The molecule has 112 valence electrons. The zero-order chi connectivity index (χ0) is 15.8. The van der Waals surface area contributed by atoms with E-state index in [1.165, 1.54) is 6.07 Å². The summed E-state index contributed by atoms with van der Waals surface area (Å²) in [5.74, 6) is -1.27. The number of nitrogens with zero attached hydrogens (tertiary/aromatic N) is 2. The van der Waals surface area contributed by atoms with Gasteiger partial charge in [-0.3, -0.25) is 0 Å². The Bertz CT molecular complexity index is 794. The van der Waals surface area contributed by atoms with Gasteiger partial charge in [-0.15, -0.1) is 0 Å². The summed E-state index contributed by atoms with van der Waals surface area (Å²) in [5, 5.41) is -0.837. The smallest absolute Gasteiger partial charge is 0.247 e. The van der Waals surface area contributed by atoms with E-state index >= 15 is 0 Å². The van der Waals surface area contributed by atoms with Crippen LogP contribution >= 0.6 is 34.8 Å². The van der Waals surface area contributed by atoms with Crippen LogP contribution in [-0.4, -0.2) is 18.4 Å². The Labute approximate surface area is 135 Å². The van der Waals surface area contributed by atoms with Crippen LogP contribution in [0.1, 0.15) is 5.69 Å². The summed E-state index contributed by atoms with van der Waals surface area (Å²) in [6.45, 7) is 1.61. The molecular weight excluding hydrogens is 364 g/mol. The van der Waals surface area contributed by atoms with Crippen molar-refractivity contribution in [2.75, 3.05) is 4.72 Å². The van der Waals surface area contributed by atoms with Crippen LogP contribution in [0.4, 0.5) is 10.3 Å². The van der Waals surface area contributed by atoms with Gasteiger partial charge in [-0.25, -0.2) is 27.5 Å². The van der Waals surface area contributed by atoms with Crippen molar-refractivity contribution >= 4 is 50.8 Å². The van der Waals surface area contributed by atoms with Gasteiger partial charge in [-0.05, 0) is 25.1 Å². The summed E-state index contributed by atoms with van der Waals surface area (Å²) >= 11 is 16.9. The van der Waals surface area contributed by atoms with Gasteiger partial charge in [0.1, 0.15) is 10.0 Å². The predicted molar refractivity (Wildman–Crippen MR) is 79.0 cm³/mol. The van der Waals surface area contributed by atoms with Crippen LogP contribution in [0.3, 0.4) is 0 Å². The Morgan fingerprint density at radius 3 is 2.48 bits per heavy atom. The second-order valence-electron chi connectivity index (χ2n) is 3.93. The standard InChI is InChI=1S/C11H7Cl3FN3O2S/c1-5-4-8(13)17-11(16-5)18-21(19,20)7-3-2-6(12)10(15)9(7)14/h2-4H,1H3,(H,16,17,18). The molecule has 10 heteroatoms. The van der Waals surface area contributed by atoms with Gasteiger partial charge in [0.15, 0.2) is 5.82 Å². The van der Waals surface area contributed by atoms with Crippen LogP contribution in [0.15, 0.2) is 23.1 Å². The van der Waals surface area contributed by atoms with E-state index in [1.54, 1.807) is 6.92 Å². The average Bonchev–Trinajstić information content (AvgIpc) is 2.33. The monoisotopic (exact) mass is 369 g/mol. The van der Waals surface area contributed by atoms with Crippen molar-refractivity contribution in [3.05, 3.63) is 44.9 Å². The largest absolute Gasteiger partial charge is 0.265 e. The number of hydrogen-bond acceptors (Lipinski definition) is 4. The van der Waals surface area contributed by atoms with Gasteiger partial charge in [0.25, 0.3) is 10.0 Å². The maximum absolute atomic E-state index is 13.6. The summed E-state index contributed by atoms with van der Waals surface area (Å²) < 4.78 is 40.0. The van der Waals surface area contributed by atoms with E-state index in [1.807, 2.05) is 0 Å². The average molecular weight is 371 g/mol. The van der Waals surface area contributed by atoms with Crippen LogP contribution < -0.4 is 4.72 Å². The second kappa shape index (κ2) is 5.92. The molecule has 1 aromatic heterocycles. The highest BCUT2D eigenvalue weighted by Crippen LogP contribution is 2.30. The topological polar surface area (TPSA) is 72.0 Å². The van der Waals surface area contributed by atoms with Gasteiger partial charge in [0.2, 0.25) is 5.95 Å². The van der Waals surface area contributed by atoms with Crippen LogP contribution in [0.5, 0.6) is 0 Å². The van der Waals surface area contributed by atoms with E-state index in [0.29, 0.717) is 5.69 Å². The first kappa shape index (κ1) is 16.2. The molecule has 0 saturated carbocycles. The lowest BCUT2D eigenvalue weighted by molar-refractivity contribution is 0.595. The molecule has 1 aromatic carbocycles. The molecule has 21 heavy (non-hydrogen) atoms. The van der Waals surface area contributed by atoms with Crippen molar-refractivity contribution in [1.82, 2.24) is 9.97 Å². The van der Waals surface area contributed by atoms with Crippen molar-refractivity contribution in [1.29, 1.82) is 0 Å². The lowest BCUT2D eigenvalue weighted by Crippen LogP contribution is -2.16. The molecule has 0 aliphatic carbocycles. The van der Waals surface area contributed by atoms with Crippen LogP contribution in [0, 0.1) is 12.7 Å². The van der Waals surface area contributed by atoms with Crippen LogP contribution in [0.2, 0.25) is 15.2 Å². The van der Waals surface area contributed by atoms with Crippen molar-refractivity contribution in [2.24, 2.45) is 0 Å². The molecule has 0 radical (unpaired) electrons. The predicted octanol–water partition coefficient (Wildman–Crippen LogP) is 3.69. The van der Waals surface area contributed by atoms with Crippen molar-refractivity contribution in [2.45, 2.75) is 11.8 Å². The van der Waals surface area contributed by atoms with Gasteiger partial charge in [0.05, 0.1) is 10.0 Å². The SMILES string of the molecule is Cc1cc(Cl)nc(NS(=O)(=O)c2ccc(Cl)c(F)c2Cl)n1. The number of aromatic nitrogens is 2. The number of benzene rings is 1. The summed E-state index contributed by atoms with van der Waals surface area (Å²) in [7, 11) is -4.18. The number of anilines is 1. The number of hydrogen-bond donors (Lipinski definition) is 1. The summed E-state index contributed by atoms with van der Waals surface area (Å²) in [4.78, 5) is 7.10. The Balaban J connectivity index is 2.46. The van der Waals surface area contributed by atoms with Crippen molar-refractivity contribution in [3.63, 3.8) is 0 Å². The molecule has 0 atom stereocenters. The molecule has 2 aromatic rings. The van der Waals surface area contributed by atoms with Gasteiger partial charge < -0.3 is 0 Å². The van der Waals surface area contributed by atoms with E-state index in [4.69, 9.17) is 34.8 Å². The number of nitrogens with one attached hydrogen (secondary N) is 1. The van der Waals surface area contributed by atoms with Gasteiger partial charge in [-0.1, -0.05) is 34.8 Å². The number of halogens is 4. The third kappa shape index (κ3) is 3.55. The fraction of sp³-hybridized carbons (Fsp3) is 0.0909. The molecule has 5 nitrogen and oxygen atoms in total. The Morgan fingerprint density at radius 2 is 1.86 bits per heavy atom. The summed E-state index contributed by atoms with van der Waals surface area (Å²) in [6, 6.07) is 3.61. The Hall–Kier alpha value is -1.15. The van der Waals surface area contributed by atoms with E-state index < -0.39 is 25.8 Å². The molecule has 0 aliphatic rings. The minimum Gasteiger partial charge on any atom is -0.247 e. The fourth-order valence-corrected chi connectivity index (χ4v) is 3.39. The molecule has 2 rings (SSSR count). The Morgan fingerprint density at radius 1 is 1.19 bits per heavy atom. The molecule has 0 saturated heterocycles. The van der Waals surface area contributed by atoms with E-state index in [2.05, 4.69) is 14.7 Å². The molecule has 0 amide bonds. The maximum Gasteiger partial charge on any atom is 0.265 e.